The summed E-state index contributed by atoms with van der Waals surface area (Å²) in [5.74, 6) is 1.80. The van der Waals surface area contributed by atoms with Crippen molar-refractivity contribution in [1.82, 2.24) is 4.90 Å². The summed E-state index contributed by atoms with van der Waals surface area (Å²) in [7, 11) is 2.18. The zero-order valence-electron chi connectivity index (χ0n) is 11.3. The Morgan fingerprint density at radius 2 is 2.26 bits per heavy atom. The number of benzene rings is 1. The third-order valence-electron chi connectivity index (χ3n) is 3.86. The Hall–Kier alpha value is -0.580. The molecule has 0 spiro atoms. The maximum atomic E-state index is 5.78. The fourth-order valence-electron chi connectivity index (χ4n) is 2.99. The quantitative estimate of drug-likeness (QED) is 0.849. The van der Waals surface area contributed by atoms with Crippen LogP contribution in [0.3, 0.4) is 0 Å². The van der Waals surface area contributed by atoms with Gasteiger partial charge in [0.2, 0.25) is 0 Å². The third kappa shape index (κ3) is 3.12. The molecule has 2 heterocycles. The van der Waals surface area contributed by atoms with Crippen LogP contribution >= 0.6 is 15.9 Å². The van der Waals surface area contributed by atoms with Crippen LogP contribution in [0.25, 0.3) is 0 Å². The first-order chi connectivity index (χ1) is 9.22. The van der Waals surface area contributed by atoms with Gasteiger partial charge in [0.25, 0.3) is 0 Å². The molecule has 1 fully saturated rings. The van der Waals surface area contributed by atoms with Crippen LogP contribution in [0.5, 0.6) is 5.75 Å². The topological polar surface area (TPSA) is 21.7 Å². The van der Waals surface area contributed by atoms with Crippen LogP contribution in [0, 0.1) is 5.92 Å². The highest BCUT2D eigenvalue weighted by Crippen LogP contribution is 2.33. The molecule has 0 aliphatic carbocycles. The lowest BCUT2D eigenvalue weighted by molar-refractivity contribution is 0.172. The van der Waals surface area contributed by atoms with Crippen LogP contribution in [0.2, 0.25) is 0 Å². The summed E-state index contributed by atoms with van der Waals surface area (Å²) < 4.78 is 12.4. The van der Waals surface area contributed by atoms with Crippen LogP contribution in [0.1, 0.15) is 17.5 Å². The van der Waals surface area contributed by atoms with Crippen LogP contribution in [-0.2, 0) is 17.7 Å². The molecule has 2 aliphatic rings. The van der Waals surface area contributed by atoms with Crippen molar-refractivity contribution in [3.05, 3.63) is 27.7 Å². The highest BCUT2D eigenvalue weighted by Gasteiger charge is 2.21. The minimum absolute atomic E-state index is 0.686. The van der Waals surface area contributed by atoms with Crippen molar-refractivity contribution >= 4 is 15.9 Å². The Morgan fingerprint density at radius 1 is 1.37 bits per heavy atom. The molecule has 2 aliphatic heterocycles. The summed E-state index contributed by atoms with van der Waals surface area (Å²) in [6.07, 6.45) is 2.22. The van der Waals surface area contributed by atoms with Crippen molar-refractivity contribution in [3.8, 4) is 5.75 Å². The molecule has 3 rings (SSSR count). The van der Waals surface area contributed by atoms with Gasteiger partial charge in [-0.15, -0.1) is 0 Å². The van der Waals surface area contributed by atoms with Gasteiger partial charge in [0.1, 0.15) is 5.75 Å². The Morgan fingerprint density at radius 3 is 3.05 bits per heavy atom. The van der Waals surface area contributed by atoms with E-state index in [1.54, 1.807) is 0 Å². The number of nitrogens with zero attached hydrogens (tertiary/aromatic N) is 1. The lowest BCUT2D eigenvalue weighted by Crippen LogP contribution is -2.25. The molecule has 19 heavy (non-hydrogen) atoms. The van der Waals surface area contributed by atoms with Gasteiger partial charge < -0.3 is 14.4 Å². The zero-order valence-corrected chi connectivity index (χ0v) is 12.9. The van der Waals surface area contributed by atoms with Gasteiger partial charge in [-0.05, 0) is 37.1 Å². The van der Waals surface area contributed by atoms with E-state index in [-0.39, 0.29) is 0 Å². The van der Waals surface area contributed by atoms with Gasteiger partial charge >= 0.3 is 0 Å². The Bertz CT molecular complexity index is 458. The molecular weight excluding hydrogens is 306 g/mol. The molecule has 0 radical (unpaired) electrons. The highest BCUT2D eigenvalue weighted by atomic mass is 79.9. The van der Waals surface area contributed by atoms with Crippen molar-refractivity contribution in [1.29, 1.82) is 0 Å². The largest absolute Gasteiger partial charge is 0.493 e. The number of ether oxygens (including phenoxy) is 2. The molecular formula is C15H20BrNO2. The van der Waals surface area contributed by atoms with Gasteiger partial charge in [-0.3, -0.25) is 0 Å². The van der Waals surface area contributed by atoms with Crippen molar-refractivity contribution < 1.29 is 9.47 Å². The van der Waals surface area contributed by atoms with Gasteiger partial charge in [0.15, 0.2) is 0 Å². The van der Waals surface area contributed by atoms with E-state index in [0.29, 0.717) is 5.92 Å². The normalized spacial score (nSPS) is 21.7. The van der Waals surface area contributed by atoms with Gasteiger partial charge in [0.05, 0.1) is 13.2 Å². The van der Waals surface area contributed by atoms with Crippen molar-refractivity contribution in [2.45, 2.75) is 19.4 Å². The number of halogens is 1. The maximum Gasteiger partial charge on any atom is 0.127 e. The maximum absolute atomic E-state index is 5.78. The van der Waals surface area contributed by atoms with E-state index in [2.05, 4.69) is 40.0 Å². The fraction of sp³-hybridized carbons (Fsp3) is 0.600. The minimum atomic E-state index is 0.686. The third-order valence-corrected chi connectivity index (χ3v) is 4.32. The monoisotopic (exact) mass is 325 g/mol. The average molecular weight is 326 g/mol. The van der Waals surface area contributed by atoms with Gasteiger partial charge in [0, 0.05) is 36.2 Å². The summed E-state index contributed by atoms with van der Waals surface area (Å²) >= 11 is 3.60. The summed E-state index contributed by atoms with van der Waals surface area (Å²) in [5.41, 5.74) is 2.63. The fourth-order valence-corrected chi connectivity index (χ4v) is 3.54. The minimum Gasteiger partial charge on any atom is -0.493 e. The van der Waals surface area contributed by atoms with E-state index in [4.69, 9.17) is 9.47 Å². The van der Waals surface area contributed by atoms with E-state index in [1.165, 1.54) is 17.5 Å². The molecule has 0 saturated carbocycles. The Kier molecular flexibility index (Phi) is 4.10. The highest BCUT2D eigenvalue weighted by molar-refractivity contribution is 9.10. The smallest absolute Gasteiger partial charge is 0.127 e. The average Bonchev–Trinajstić information content (AvgIpc) is 2.99. The molecule has 4 heteroatoms. The predicted molar refractivity (Wildman–Crippen MR) is 78.6 cm³/mol. The molecule has 0 bridgehead atoms. The van der Waals surface area contributed by atoms with E-state index in [1.807, 2.05) is 0 Å². The predicted octanol–water partition coefficient (Wildman–Crippen LogP) is 2.85. The first-order valence-electron chi connectivity index (χ1n) is 6.93. The molecule has 1 aromatic carbocycles. The van der Waals surface area contributed by atoms with E-state index >= 15 is 0 Å². The van der Waals surface area contributed by atoms with Gasteiger partial charge in [-0.2, -0.15) is 0 Å². The zero-order chi connectivity index (χ0) is 13.2. The van der Waals surface area contributed by atoms with Crippen LogP contribution in [0.15, 0.2) is 16.6 Å². The van der Waals surface area contributed by atoms with E-state index in [0.717, 1.165) is 49.6 Å². The summed E-state index contributed by atoms with van der Waals surface area (Å²) in [5, 5.41) is 0. The lowest BCUT2D eigenvalue weighted by Gasteiger charge is -2.21. The van der Waals surface area contributed by atoms with Crippen molar-refractivity contribution in [2.24, 2.45) is 5.92 Å². The number of rotatable bonds is 4. The molecule has 3 nitrogen and oxygen atoms in total. The van der Waals surface area contributed by atoms with Crippen LogP contribution in [-0.4, -0.2) is 38.3 Å². The standard InChI is InChI=1S/C15H20BrNO2/c1-17(8-11-2-4-18-10-11)9-13-7-14(16)6-12-3-5-19-15(12)13/h6-7,11H,2-5,8-10H2,1H3/t11-/m0/s1. The SMILES string of the molecule is CN(Cc1cc(Br)cc2c1OCC2)C[C@@H]1CCOC1. The second-order valence-corrected chi connectivity index (χ2v) is 6.49. The molecule has 0 amide bonds. The summed E-state index contributed by atoms with van der Waals surface area (Å²) in [6, 6.07) is 4.36. The number of fused-ring (bicyclic) bond motifs is 1. The molecule has 0 N–H and O–H groups in total. The van der Waals surface area contributed by atoms with E-state index in [9.17, 15) is 0 Å². The van der Waals surface area contributed by atoms with Crippen LogP contribution < -0.4 is 4.74 Å². The number of hydrogen-bond donors (Lipinski definition) is 0. The summed E-state index contributed by atoms with van der Waals surface area (Å²) in [6.45, 7) is 4.70. The summed E-state index contributed by atoms with van der Waals surface area (Å²) in [4.78, 5) is 2.38. The van der Waals surface area contributed by atoms with E-state index < -0.39 is 0 Å². The van der Waals surface area contributed by atoms with Gasteiger partial charge in [-0.25, -0.2) is 0 Å². The lowest BCUT2D eigenvalue weighted by atomic mass is 10.1. The number of hydrogen-bond acceptors (Lipinski definition) is 3. The second-order valence-electron chi connectivity index (χ2n) is 5.58. The molecule has 0 aromatic heterocycles. The Labute approximate surface area is 123 Å². The molecule has 104 valence electrons. The molecule has 1 saturated heterocycles. The molecule has 0 unspecified atom stereocenters. The van der Waals surface area contributed by atoms with Crippen molar-refractivity contribution in [3.63, 3.8) is 0 Å². The molecule has 1 aromatic rings. The second kappa shape index (κ2) is 5.81. The van der Waals surface area contributed by atoms with Crippen molar-refractivity contribution in [2.75, 3.05) is 33.4 Å². The Balaban J connectivity index is 1.68. The van der Waals surface area contributed by atoms with Gasteiger partial charge in [-0.1, -0.05) is 15.9 Å². The van der Waals surface area contributed by atoms with Crippen LogP contribution in [0.4, 0.5) is 0 Å². The molecule has 1 atom stereocenters. The first-order valence-corrected chi connectivity index (χ1v) is 7.72. The first kappa shape index (κ1) is 13.4.